The van der Waals surface area contributed by atoms with Crippen LogP contribution in [0, 0.1) is 5.92 Å². The highest BCUT2D eigenvalue weighted by atomic mass is 16.2. The van der Waals surface area contributed by atoms with E-state index in [0.717, 1.165) is 19.6 Å². The van der Waals surface area contributed by atoms with E-state index < -0.39 is 0 Å². The van der Waals surface area contributed by atoms with Crippen LogP contribution < -0.4 is 0 Å². The largest absolute Gasteiger partial charge is 0.341 e. The Labute approximate surface area is 102 Å². The summed E-state index contributed by atoms with van der Waals surface area (Å²) in [5, 5.41) is 3.54. The number of likely N-dealkylation sites (N-methyl/N-ethyl adjacent to an activating group) is 1. The lowest BCUT2D eigenvalue weighted by Gasteiger charge is -2.24. The zero-order chi connectivity index (χ0) is 12.8. The highest BCUT2D eigenvalue weighted by Gasteiger charge is 2.28. The van der Waals surface area contributed by atoms with Crippen molar-refractivity contribution in [1.82, 2.24) is 9.80 Å². The van der Waals surface area contributed by atoms with Crippen LogP contribution in [-0.2, 0) is 4.79 Å². The van der Waals surface area contributed by atoms with Crippen LogP contribution in [0.15, 0.2) is 5.11 Å². The minimum Gasteiger partial charge on any atom is -0.341 e. The van der Waals surface area contributed by atoms with Crippen molar-refractivity contribution in [2.24, 2.45) is 11.0 Å². The molecule has 1 aliphatic rings. The minimum atomic E-state index is 0.181. The summed E-state index contributed by atoms with van der Waals surface area (Å²) >= 11 is 0. The summed E-state index contributed by atoms with van der Waals surface area (Å²) in [5.74, 6) is 0.378. The molecule has 0 aromatic heterocycles. The van der Waals surface area contributed by atoms with Crippen molar-refractivity contribution < 1.29 is 4.79 Å². The number of amides is 1. The Kier molecular flexibility index (Phi) is 5.25. The van der Waals surface area contributed by atoms with Crippen molar-refractivity contribution in [3.8, 4) is 0 Å². The summed E-state index contributed by atoms with van der Waals surface area (Å²) in [6.07, 6.45) is 0.518. The molecule has 6 heteroatoms. The fourth-order valence-corrected chi connectivity index (χ4v) is 1.88. The Morgan fingerprint density at radius 1 is 1.65 bits per heavy atom. The Bertz CT molecular complexity index is 311. The fourth-order valence-electron chi connectivity index (χ4n) is 1.88. The summed E-state index contributed by atoms with van der Waals surface area (Å²) in [4.78, 5) is 18.5. The third-order valence-electron chi connectivity index (χ3n) is 3.30. The van der Waals surface area contributed by atoms with Crippen molar-refractivity contribution in [2.45, 2.75) is 26.3 Å². The van der Waals surface area contributed by atoms with E-state index in [9.17, 15) is 4.79 Å². The van der Waals surface area contributed by atoms with Crippen LogP contribution in [0.3, 0.4) is 0 Å². The van der Waals surface area contributed by atoms with Crippen molar-refractivity contribution in [1.29, 1.82) is 0 Å². The van der Waals surface area contributed by atoms with E-state index in [0.29, 0.717) is 19.0 Å². The first-order valence-electron chi connectivity index (χ1n) is 6.03. The summed E-state index contributed by atoms with van der Waals surface area (Å²) < 4.78 is 0. The molecule has 96 valence electrons. The van der Waals surface area contributed by atoms with E-state index >= 15 is 0 Å². The SMILES string of the molecule is CC(C)N(C)CCN1CC(CN=[N+]=[N-])CC1=O. The van der Waals surface area contributed by atoms with Gasteiger partial charge in [-0.15, -0.1) is 0 Å². The highest BCUT2D eigenvalue weighted by molar-refractivity contribution is 5.78. The van der Waals surface area contributed by atoms with Crippen molar-refractivity contribution in [3.63, 3.8) is 0 Å². The molecule has 0 aliphatic carbocycles. The molecule has 1 amide bonds. The number of hydrogen-bond donors (Lipinski definition) is 0. The molecule has 1 saturated heterocycles. The molecule has 0 spiro atoms. The predicted molar refractivity (Wildman–Crippen MR) is 66.5 cm³/mol. The Balaban J connectivity index is 2.35. The van der Waals surface area contributed by atoms with Gasteiger partial charge in [-0.2, -0.15) is 0 Å². The molecule has 0 N–H and O–H groups in total. The second-order valence-electron chi connectivity index (χ2n) is 4.90. The smallest absolute Gasteiger partial charge is 0.222 e. The van der Waals surface area contributed by atoms with Gasteiger partial charge in [-0.1, -0.05) is 5.11 Å². The van der Waals surface area contributed by atoms with Crippen LogP contribution in [0.5, 0.6) is 0 Å². The first-order chi connectivity index (χ1) is 8.04. The van der Waals surface area contributed by atoms with Crippen LogP contribution >= 0.6 is 0 Å². The van der Waals surface area contributed by atoms with Gasteiger partial charge in [0.1, 0.15) is 0 Å². The molecule has 1 unspecified atom stereocenters. The average molecular weight is 239 g/mol. The molecule has 1 fully saturated rings. The molecule has 0 aromatic rings. The van der Waals surface area contributed by atoms with E-state index in [2.05, 4.69) is 35.8 Å². The first-order valence-corrected chi connectivity index (χ1v) is 6.03. The van der Waals surface area contributed by atoms with Crippen LogP contribution in [0.2, 0.25) is 0 Å². The van der Waals surface area contributed by atoms with Gasteiger partial charge in [-0.3, -0.25) is 4.79 Å². The molecule has 1 aliphatic heterocycles. The monoisotopic (exact) mass is 239 g/mol. The van der Waals surface area contributed by atoms with Gasteiger partial charge in [0.15, 0.2) is 0 Å². The molecule has 0 radical (unpaired) electrons. The Hall–Kier alpha value is -1.26. The Morgan fingerprint density at radius 2 is 2.35 bits per heavy atom. The lowest BCUT2D eigenvalue weighted by Crippen LogP contribution is -2.37. The van der Waals surface area contributed by atoms with Gasteiger partial charge in [0.05, 0.1) is 0 Å². The maximum atomic E-state index is 11.7. The molecule has 1 rings (SSSR count). The molecule has 0 saturated carbocycles. The van der Waals surface area contributed by atoms with E-state index in [-0.39, 0.29) is 11.8 Å². The number of carbonyl (C=O) groups excluding carboxylic acids is 1. The predicted octanol–water partition coefficient (Wildman–Crippen LogP) is 1.49. The number of likely N-dealkylation sites (tertiary alicyclic amines) is 1. The van der Waals surface area contributed by atoms with Crippen molar-refractivity contribution in [3.05, 3.63) is 10.4 Å². The Morgan fingerprint density at radius 3 is 2.94 bits per heavy atom. The highest BCUT2D eigenvalue weighted by Crippen LogP contribution is 2.17. The number of hydrogen-bond acceptors (Lipinski definition) is 3. The molecule has 17 heavy (non-hydrogen) atoms. The fraction of sp³-hybridized carbons (Fsp3) is 0.909. The average Bonchev–Trinajstić information content (AvgIpc) is 2.64. The number of nitrogens with zero attached hydrogens (tertiary/aromatic N) is 5. The topological polar surface area (TPSA) is 72.3 Å². The number of rotatable bonds is 6. The summed E-state index contributed by atoms with van der Waals surface area (Å²) in [6.45, 7) is 7.08. The maximum Gasteiger partial charge on any atom is 0.222 e. The molecular formula is C11H21N5O. The van der Waals surface area contributed by atoms with Gasteiger partial charge >= 0.3 is 0 Å². The zero-order valence-electron chi connectivity index (χ0n) is 10.8. The molecule has 1 atom stereocenters. The van der Waals surface area contributed by atoms with Gasteiger partial charge < -0.3 is 9.80 Å². The van der Waals surface area contributed by atoms with Crippen LogP contribution in [-0.4, -0.2) is 55.0 Å². The third-order valence-corrected chi connectivity index (χ3v) is 3.30. The molecule has 1 heterocycles. The normalized spacial score (nSPS) is 20.2. The second kappa shape index (κ2) is 6.47. The summed E-state index contributed by atoms with van der Waals surface area (Å²) in [7, 11) is 2.06. The lowest BCUT2D eigenvalue weighted by molar-refractivity contribution is -0.127. The van der Waals surface area contributed by atoms with Crippen molar-refractivity contribution in [2.75, 3.05) is 33.2 Å². The minimum absolute atomic E-state index is 0.181. The standard InChI is InChI=1S/C11H21N5O/c1-9(2)15(3)4-5-16-8-10(6-11(16)17)7-13-14-12/h9-10H,4-8H2,1-3H3. The van der Waals surface area contributed by atoms with Gasteiger partial charge in [0.2, 0.25) is 5.91 Å². The van der Waals surface area contributed by atoms with Gasteiger partial charge in [-0.25, -0.2) is 0 Å². The van der Waals surface area contributed by atoms with Gasteiger partial charge in [0.25, 0.3) is 0 Å². The van der Waals surface area contributed by atoms with Crippen molar-refractivity contribution >= 4 is 5.91 Å². The molecule has 0 aromatic carbocycles. The van der Waals surface area contributed by atoms with Crippen LogP contribution in [0.4, 0.5) is 0 Å². The van der Waals surface area contributed by atoms with E-state index in [1.807, 2.05) is 4.90 Å². The summed E-state index contributed by atoms with van der Waals surface area (Å²) in [5.41, 5.74) is 8.25. The maximum absolute atomic E-state index is 11.7. The molecular weight excluding hydrogens is 218 g/mol. The quantitative estimate of drug-likeness (QED) is 0.400. The molecule has 6 nitrogen and oxygen atoms in total. The van der Waals surface area contributed by atoms with Crippen LogP contribution in [0.1, 0.15) is 20.3 Å². The van der Waals surface area contributed by atoms with Gasteiger partial charge in [0, 0.05) is 43.6 Å². The second-order valence-corrected chi connectivity index (χ2v) is 4.90. The molecule has 0 bridgehead atoms. The van der Waals surface area contributed by atoms with E-state index in [4.69, 9.17) is 5.53 Å². The first kappa shape index (κ1) is 13.8. The van der Waals surface area contributed by atoms with Gasteiger partial charge in [-0.05, 0) is 32.3 Å². The van der Waals surface area contributed by atoms with E-state index in [1.54, 1.807) is 0 Å². The third kappa shape index (κ3) is 4.24. The summed E-state index contributed by atoms with van der Waals surface area (Å²) in [6, 6.07) is 0.492. The van der Waals surface area contributed by atoms with Crippen LogP contribution in [0.25, 0.3) is 10.4 Å². The zero-order valence-corrected chi connectivity index (χ0v) is 10.8. The van der Waals surface area contributed by atoms with E-state index in [1.165, 1.54) is 0 Å². The lowest BCUT2D eigenvalue weighted by atomic mass is 10.1. The number of carbonyl (C=O) groups is 1. The number of azide groups is 1.